The molecule has 0 saturated heterocycles. The van der Waals surface area contributed by atoms with E-state index in [1.165, 1.54) is 10.1 Å². The Labute approximate surface area is 138 Å². The molecule has 0 bridgehead atoms. The third-order valence-electron chi connectivity index (χ3n) is 4.16. The molecule has 0 spiro atoms. The highest BCUT2D eigenvalue weighted by atomic mass is 16.1. The predicted molar refractivity (Wildman–Crippen MR) is 94.2 cm³/mol. The first-order valence-corrected chi connectivity index (χ1v) is 7.77. The number of nitrogens with zero attached hydrogens (tertiary/aromatic N) is 4. The van der Waals surface area contributed by atoms with Crippen molar-refractivity contribution in [2.75, 3.05) is 5.32 Å². The van der Waals surface area contributed by atoms with Gasteiger partial charge in [-0.1, -0.05) is 24.3 Å². The maximum atomic E-state index is 12.4. The maximum absolute atomic E-state index is 12.4. The summed E-state index contributed by atoms with van der Waals surface area (Å²) < 4.78 is 3.46. The number of aryl methyl sites for hydroxylation is 2. The number of aromatic nitrogens is 4. The fourth-order valence-corrected chi connectivity index (χ4v) is 2.94. The number of rotatable bonds is 3. The van der Waals surface area contributed by atoms with Crippen LogP contribution in [0.2, 0.25) is 0 Å². The number of hydrogen-bond donors (Lipinski definition) is 1. The molecule has 0 aliphatic rings. The number of fused-ring (bicyclic) bond motifs is 3. The van der Waals surface area contributed by atoms with Gasteiger partial charge < -0.3 is 5.32 Å². The Morgan fingerprint density at radius 3 is 2.75 bits per heavy atom. The van der Waals surface area contributed by atoms with E-state index in [2.05, 4.69) is 34.6 Å². The van der Waals surface area contributed by atoms with E-state index in [-0.39, 0.29) is 5.56 Å². The lowest BCUT2D eigenvalue weighted by Gasteiger charge is -2.09. The summed E-state index contributed by atoms with van der Waals surface area (Å²) in [5.74, 6) is 1.30. The lowest BCUT2D eigenvalue weighted by molar-refractivity contribution is 0.855. The van der Waals surface area contributed by atoms with Crippen LogP contribution in [0, 0.1) is 6.92 Å². The largest absolute Gasteiger partial charge is 0.378 e. The van der Waals surface area contributed by atoms with Gasteiger partial charge >= 0.3 is 0 Å². The molecule has 0 saturated carbocycles. The monoisotopic (exact) mass is 319 g/mol. The van der Waals surface area contributed by atoms with E-state index in [1.807, 2.05) is 40.8 Å². The van der Waals surface area contributed by atoms with Gasteiger partial charge in [0.05, 0.1) is 17.4 Å². The fraction of sp³-hybridized carbons (Fsp3) is 0.167. The van der Waals surface area contributed by atoms with Crippen molar-refractivity contribution in [3.63, 3.8) is 0 Å². The molecule has 2 heterocycles. The molecule has 120 valence electrons. The van der Waals surface area contributed by atoms with Gasteiger partial charge in [0.1, 0.15) is 0 Å². The Morgan fingerprint density at radius 1 is 1.08 bits per heavy atom. The van der Waals surface area contributed by atoms with Crippen molar-refractivity contribution < 1.29 is 0 Å². The average Bonchev–Trinajstić information content (AvgIpc) is 3.02. The highest BCUT2D eigenvalue weighted by Gasteiger charge is 2.14. The Bertz CT molecular complexity index is 1110. The molecule has 0 amide bonds. The van der Waals surface area contributed by atoms with E-state index in [0.717, 1.165) is 17.0 Å². The van der Waals surface area contributed by atoms with Crippen LogP contribution in [0.1, 0.15) is 11.4 Å². The molecule has 0 aliphatic heterocycles. The molecule has 4 aromatic rings. The second kappa shape index (κ2) is 5.49. The van der Waals surface area contributed by atoms with Gasteiger partial charge in [-0.05, 0) is 36.8 Å². The Hall–Kier alpha value is -3.15. The molecule has 24 heavy (non-hydrogen) atoms. The third-order valence-corrected chi connectivity index (χ3v) is 4.16. The van der Waals surface area contributed by atoms with E-state index in [9.17, 15) is 4.79 Å². The summed E-state index contributed by atoms with van der Waals surface area (Å²) >= 11 is 0. The van der Waals surface area contributed by atoms with Crippen LogP contribution in [0.25, 0.3) is 16.7 Å². The van der Waals surface area contributed by atoms with Crippen LogP contribution in [0.3, 0.4) is 0 Å². The van der Waals surface area contributed by atoms with E-state index >= 15 is 0 Å². The van der Waals surface area contributed by atoms with Crippen LogP contribution in [0.4, 0.5) is 5.69 Å². The van der Waals surface area contributed by atoms with Gasteiger partial charge in [-0.15, -0.1) is 10.2 Å². The molecule has 0 fully saturated rings. The summed E-state index contributed by atoms with van der Waals surface area (Å²) in [5, 5.41) is 12.5. The second-order valence-corrected chi connectivity index (χ2v) is 5.86. The highest BCUT2D eigenvalue weighted by molar-refractivity contribution is 5.80. The molecule has 0 unspecified atom stereocenters. The molecule has 6 nitrogen and oxygen atoms in total. The first kappa shape index (κ1) is 14.4. The molecular weight excluding hydrogens is 302 g/mol. The summed E-state index contributed by atoms with van der Waals surface area (Å²) in [6.07, 6.45) is 0. The molecule has 1 N–H and O–H groups in total. The number of hydrogen-bond acceptors (Lipinski definition) is 4. The first-order chi connectivity index (χ1) is 11.6. The molecule has 0 radical (unpaired) electrons. The summed E-state index contributed by atoms with van der Waals surface area (Å²) in [7, 11) is 1.72. The van der Waals surface area contributed by atoms with Crippen LogP contribution in [-0.2, 0) is 13.6 Å². The molecule has 2 aromatic heterocycles. The molecule has 6 heteroatoms. The summed E-state index contributed by atoms with van der Waals surface area (Å²) in [5.41, 5.74) is 2.98. The quantitative estimate of drug-likeness (QED) is 0.630. The minimum atomic E-state index is -0.0660. The van der Waals surface area contributed by atoms with Gasteiger partial charge in [-0.2, -0.15) is 0 Å². The third kappa shape index (κ3) is 2.23. The van der Waals surface area contributed by atoms with Gasteiger partial charge in [0.25, 0.3) is 5.56 Å². The van der Waals surface area contributed by atoms with Gasteiger partial charge in [0, 0.05) is 12.7 Å². The van der Waals surface area contributed by atoms with E-state index in [4.69, 9.17) is 0 Å². The Balaban J connectivity index is 1.83. The first-order valence-electron chi connectivity index (χ1n) is 7.77. The zero-order valence-corrected chi connectivity index (χ0v) is 13.5. The number of anilines is 1. The zero-order chi connectivity index (χ0) is 16.7. The SMILES string of the molecule is Cc1cccc(NCc2nnc3n(C)c(=O)c4ccccc4n23)c1. The van der Waals surface area contributed by atoms with Crippen molar-refractivity contribution in [1.82, 2.24) is 19.2 Å². The van der Waals surface area contributed by atoms with Gasteiger partial charge in [-0.25, -0.2) is 0 Å². The average molecular weight is 319 g/mol. The van der Waals surface area contributed by atoms with Gasteiger partial charge in [0.15, 0.2) is 5.82 Å². The van der Waals surface area contributed by atoms with E-state index in [1.54, 1.807) is 7.05 Å². The summed E-state index contributed by atoms with van der Waals surface area (Å²) in [6, 6.07) is 15.7. The lowest BCUT2D eigenvalue weighted by atomic mass is 10.2. The van der Waals surface area contributed by atoms with Crippen molar-refractivity contribution in [1.29, 1.82) is 0 Å². The zero-order valence-electron chi connectivity index (χ0n) is 13.5. The van der Waals surface area contributed by atoms with Crippen LogP contribution in [-0.4, -0.2) is 19.2 Å². The summed E-state index contributed by atoms with van der Waals surface area (Å²) in [4.78, 5) is 12.4. The Morgan fingerprint density at radius 2 is 1.92 bits per heavy atom. The molecule has 4 rings (SSSR count). The molecule has 0 atom stereocenters. The molecule has 2 aromatic carbocycles. The van der Waals surface area contributed by atoms with E-state index in [0.29, 0.717) is 17.7 Å². The second-order valence-electron chi connectivity index (χ2n) is 5.86. The number of nitrogens with one attached hydrogen (secondary N) is 1. The normalized spacial score (nSPS) is 11.2. The van der Waals surface area contributed by atoms with Crippen molar-refractivity contribution in [2.45, 2.75) is 13.5 Å². The molecular formula is C18H17N5O. The van der Waals surface area contributed by atoms with Crippen LogP contribution in [0.5, 0.6) is 0 Å². The minimum absolute atomic E-state index is 0.0660. The topological polar surface area (TPSA) is 64.2 Å². The van der Waals surface area contributed by atoms with Crippen molar-refractivity contribution in [3.8, 4) is 0 Å². The lowest BCUT2D eigenvalue weighted by Crippen LogP contribution is -2.20. The predicted octanol–water partition coefficient (Wildman–Crippen LogP) is 2.50. The maximum Gasteiger partial charge on any atom is 0.262 e. The standard InChI is InChI=1S/C18H17N5O/c1-12-6-5-7-13(10-12)19-11-16-20-21-18-22(2)17(24)14-8-3-4-9-15(14)23(16)18/h3-10,19H,11H2,1-2H3. The van der Waals surface area contributed by atoms with Crippen LogP contribution >= 0.6 is 0 Å². The van der Waals surface area contributed by atoms with E-state index < -0.39 is 0 Å². The Kier molecular flexibility index (Phi) is 3.30. The van der Waals surface area contributed by atoms with Crippen molar-refractivity contribution in [3.05, 3.63) is 70.3 Å². The fourth-order valence-electron chi connectivity index (χ4n) is 2.94. The minimum Gasteiger partial charge on any atom is -0.378 e. The summed E-state index contributed by atoms with van der Waals surface area (Å²) in [6.45, 7) is 2.58. The van der Waals surface area contributed by atoms with Crippen molar-refractivity contribution in [2.24, 2.45) is 7.05 Å². The van der Waals surface area contributed by atoms with Crippen LogP contribution in [0.15, 0.2) is 53.3 Å². The van der Waals surface area contributed by atoms with Gasteiger partial charge in [0.2, 0.25) is 5.78 Å². The van der Waals surface area contributed by atoms with Crippen molar-refractivity contribution >= 4 is 22.4 Å². The molecule has 0 aliphatic carbocycles. The van der Waals surface area contributed by atoms with Crippen LogP contribution < -0.4 is 10.9 Å². The highest BCUT2D eigenvalue weighted by Crippen LogP contribution is 2.15. The smallest absolute Gasteiger partial charge is 0.262 e. The van der Waals surface area contributed by atoms with Gasteiger partial charge in [-0.3, -0.25) is 13.8 Å². The number of para-hydroxylation sites is 1. The number of benzene rings is 2.